The Bertz CT molecular complexity index is 656. The molecule has 0 aliphatic heterocycles. The smallest absolute Gasteiger partial charge is 0.168 e. The molecule has 114 valence electrons. The highest BCUT2D eigenvalue weighted by atomic mass is 16.6. The van der Waals surface area contributed by atoms with E-state index in [0.717, 1.165) is 36.2 Å². The van der Waals surface area contributed by atoms with Crippen molar-refractivity contribution in [1.82, 2.24) is 15.4 Å². The highest BCUT2D eigenvalue weighted by Crippen LogP contribution is 2.07. The van der Waals surface area contributed by atoms with Gasteiger partial charge in [-0.25, -0.2) is 0 Å². The average Bonchev–Trinajstić information content (AvgIpc) is 2.54. The zero-order valence-corrected chi connectivity index (χ0v) is 12.6. The molecule has 2 aromatic rings. The van der Waals surface area contributed by atoms with Crippen molar-refractivity contribution in [3.05, 3.63) is 65.8 Å². The van der Waals surface area contributed by atoms with Gasteiger partial charge in [-0.2, -0.15) is 0 Å². The molecule has 5 heteroatoms. The molecule has 0 aliphatic rings. The minimum atomic E-state index is 0.454. The van der Waals surface area contributed by atoms with E-state index in [1.165, 1.54) is 0 Å². The van der Waals surface area contributed by atoms with Gasteiger partial charge in [0.15, 0.2) is 6.29 Å². The largest absolute Gasteiger partial charge is 0.296 e. The molecule has 2 heterocycles. The first-order valence-corrected chi connectivity index (χ1v) is 7.11. The second kappa shape index (κ2) is 8.05. The summed E-state index contributed by atoms with van der Waals surface area (Å²) >= 11 is 0. The summed E-state index contributed by atoms with van der Waals surface area (Å²) in [5.41, 5.74) is 6.46. The van der Waals surface area contributed by atoms with Crippen LogP contribution in [0.4, 0.5) is 0 Å². The van der Waals surface area contributed by atoms with Crippen molar-refractivity contribution in [2.75, 3.05) is 6.61 Å². The molecular weight excluding hydrogens is 278 g/mol. The van der Waals surface area contributed by atoms with Crippen LogP contribution < -0.4 is 5.48 Å². The fourth-order valence-electron chi connectivity index (χ4n) is 1.93. The van der Waals surface area contributed by atoms with E-state index in [9.17, 15) is 4.79 Å². The van der Waals surface area contributed by atoms with Crippen LogP contribution in [-0.2, 0) is 11.3 Å². The van der Waals surface area contributed by atoms with E-state index in [0.29, 0.717) is 18.0 Å². The fourth-order valence-corrected chi connectivity index (χ4v) is 1.93. The quantitative estimate of drug-likeness (QED) is 0.461. The summed E-state index contributed by atoms with van der Waals surface area (Å²) in [6, 6.07) is 11.1. The third kappa shape index (κ3) is 4.79. The minimum absolute atomic E-state index is 0.454. The Morgan fingerprint density at radius 1 is 1.27 bits per heavy atom. The number of carbonyl (C=O) groups is 1. The van der Waals surface area contributed by atoms with E-state index in [2.05, 4.69) is 22.0 Å². The number of carbonyl (C=O) groups excluding carboxylic acids is 1. The molecule has 0 aliphatic carbocycles. The fraction of sp³-hybridized carbons (Fsp3) is 0.235. The number of nitrogens with one attached hydrogen (secondary N) is 1. The predicted molar refractivity (Wildman–Crippen MR) is 85.0 cm³/mol. The van der Waals surface area contributed by atoms with Gasteiger partial charge in [-0.05, 0) is 44.0 Å². The maximum absolute atomic E-state index is 10.7. The van der Waals surface area contributed by atoms with Crippen LogP contribution >= 0.6 is 0 Å². The van der Waals surface area contributed by atoms with E-state index in [1.54, 1.807) is 6.07 Å². The molecule has 0 atom stereocenters. The van der Waals surface area contributed by atoms with Crippen LogP contribution in [0.1, 0.15) is 34.0 Å². The van der Waals surface area contributed by atoms with Gasteiger partial charge in [0.25, 0.3) is 0 Å². The monoisotopic (exact) mass is 297 g/mol. The van der Waals surface area contributed by atoms with Gasteiger partial charge in [0.05, 0.1) is 18.0 Å². The van der Waals surface area contributed by atoms with E-state index < -0.39 is 0 Å². The predicted octanol–water partition coefficient (Wildman–Crippen LogP) is 2.72. The Morgan fingerprint density at radius 3 is 2.86 bits per heavy atom. The van der Waals surface area contributed by atoms with Crippen LogP contribution in [0.25, 0.3) is 5.70 Å². The van der Waals surface area contributed by atoms with Gasteiger partial charge in [-0.3, -0.25) is 25.1 Å². The number of aldehydes is 1. The van der Waals surface area contributed by atoms with E-state index in [4.69, 9.17) is 4.84 Å². The first-order chi connectivity index (χ1) is 10.7. The van der Waals surface area contributed by atoms with Crippen molar-refractivity contribution in [2.24, 2.45) is 0 Å². The number of hydroxylamine groups is 1. The van der Waals surface area contributed by atoms with E-state index >= 15 is 0 Å². The Kier molecular flexibility index (Phi) is 5.80. The summed E-state index contributed by atoms with van der Waals surface area (Å²) in [6.07, 6.45) is 2.29. The van der Waals surface area contributed by atoms with E-state index in [1.807, 2.05) is 37.3 Å². The normalized spacial score (nSPS) is 10.2. The lowest BCUT2D eigenvalue weighted by Gasteiger charge is -2.09. The van der Waals surface area contributed by atoms with Crippen molar-refractivity contribution < 1.29 is 9.63 Å². The Morgan fingerprint density at radius 2 is 2.09 bits per heavy atom. The molecule has 5 nitrogen and oxygen atoms in total. The number of hydrogen-bond donors (Lipinski definition) is 1. The number of rotatable bonds is 8. The molecule has 0 radical (unpaired) electrons. The number of aromatic nitrogens is 2. The molecule has 0 saturated heterocycles. The standard InChI is InChI=1S/C17H19N3O2/c1-13-6-3-10-17(18-13)14(2)20-22-11-5-9-15-7-4-8-16(12-21)19-15/h3-4,6-8,10,12,20H,2,5,9,11H2,1H3. The summed E-state index contributed by atoms with van der Waals surface area (Å²) in [7, 11) is 0. The molecule has 0 aromatic carbocycles. The maximum atomic E-state index is 10.7. The van der Waals surface area contributed by atoms with Gasteiger partial charge in [-0.15, -0.1) is 0 Å². The Balaban J connectivity index is 1.71. The van der Waals surface area contributed by atoms with Gasteiger partial charge < -0.3 is 0 Å². The molecule has 22 heavy (non-hydrogen) atoms. The highest BCUT2D eigenvalue weighted by Gasteiger charge is 2.01. The summed E-state index contributed by atoms with van der Waals surface area (Å²) in [5.74, 6) is 0. The third-order valence-corrected chi connectivity index (χ3v) is 3.02. The lowest BCUT2D eigenvalue weighted by Crippen LogP contribution is -2.14. The number of hydrogen-bond acceptors (Lipinski definition) is 5. The Labute approximate surface area is 130 Å². The molecule has 0 saturated carbocycles. The second-order valence-corrected chi connectivity index (χ2v) is 4.87. The maximum Gasteiger partial charge on any atom is 0.168 e. The first kappa shape index (κ1) is 15.9. The molecular formula is C17H19N3O2. The Hall–Kier alpha value is -2.53. The van der Waals surface area contributed by atoms with Crippen LogP contribution in [-0.4, -0.2) is 22.9 Å². The van der Waals surface area contributed by atoms with Crippen molar-refractivity contribution in [3.63, 3.8) is 0 Å². The summed E-state index contributed by atoms with van der Waals surface area (Å²) < 4.78 is 0. The van der Waals surface area contributed by atoms with Crippen LogP contribution in [0, 0.1) is 6.92 Å². The van der Waals surface area contributed by atoms with Crippen LogP contribution in [0.2, 0.25) is 0 Å². The molecule has 0 fully saturated rings. The molecule has 0 amide bonds. The SMILES string of the molecule is C=C(NOCCCc1cccc(C=O)n1)c1cccc(C)n1. The molecule has 2 aromatic heterocycles. The average molecular weight is 297 g/mol. The van der Waals surface area contributed by atoms with Gasteiger partial charge >= 0.3 is 0 Å². The molecule has 0 unspecified atom stereocenters. The lowest BCUT2D eigenvalue weighted by atomic mass is 10.2. The van der Waals surface area contributed by atoms with Crippen LogP contribution in [0.3, 0.4) is 0 Å². The molecule has 2 rings (SSSR count). The topological polar surface area (TPSA) is 64.1 Å². The van der Waals surface area contributed by atoms with Gasteiger partial charge in [0, 0.05) is 11.4 Å². The van der Waals surface area contributed by atoms with Crippen molar-refractivity contribution in [3.8, 4) is 0 Å². The van der Waals surface area contributed by atoms with Crippen LogP contribution in [0.5, 0.6) is 0 Å². The number of nitrogens with zero attached hydrogens (tertiary/aromatic N) is 2. The molecule has 1 N–H and O–H groups in total. The summed E-state index contributed by atoms with van der Waals surface area (Å²) in [6.45, 7) is 6.34. The van der Waals surface area contributed by atoms with Crippen molar-refractivity contribution >= 4 is 12.0 Å². The summed E-state index contributed by atoms with van der Waals surface area (Å²) in [4.78, 5) is 24.6. The molecule has 0 spiro atoms. The number of pyridine rings is 2. The van der Waals surface area contributed by atoms with Gasteiger partial charge in [0.2, 0.25) is 0 Å². The molecule has 0 bridgehead atoms. The zero-order chi connectivity index (χ0) is 15.8. The van der Waals surface area contributed by atoms with E-state index in [-0.39, 0.29) is 0 Å². The van der Waals surface area contributed by atoms with Crippen LogP contribution in [0.15, 0.2) is 43.0 Å². The first-order valence-electron chi connectivity index (χ1n) is 7.11. The van der Waals surface area contributed by atoms with Crippen molar-refractivity contribution in [2.45, 2.75) is 19.8 Å². The highest BCUT2D eigenvalue weighted by molar-refractivity contribution is 5.71. The van der Waals surface area contributed by atoms with Gasteiger partial charge in [-0.1, -0.05) is 18.7 Å². The van der Waals surface area contributed by atoms with Crippen molar-refractivity contribution in [1.29, 1.82) is 0 Å². The minimum Gasteiger partial charge on any atom is -0.296 e. The lowest BCUT2D eigenvalue weighted by molar-refractivity contribution is 0.0764. The zero-order valence-electron chi connectivity index (χ0n) is 12.6. The summed E-state index contributed by atoms with van der Waals surface area (Å²) in [5, 5.41) is 0. The third-order valence-electron chi connectivity index (χ3n) is 3.02. The van der Waals surface area contributed by atoms with Gasteiger partial charge in [0.1, 0.15) is 5.69 Å². The second-order valence-electron chi connectivity index (χ2n) is 4.87. The number of aryl methyl sites for hydroxylation is 2.